The Labute approximate surface area is 248 Å². The van der Waals surface area contributed by atoms with Crippen molar-refractivity contribution in [2.75, 3.05) is 70.8 Å². The zero-order valence-corrected chi connectivity index (χ0v) is 27.9. The molecular weight excluding hydrogens is 564 g/mol. The van der Waals surface area contributed by atoms with Gasteiger partial charge in [-0.2, -0.15) is 0 Å². The summed E-state index contributed by atoms with van der Waals surface area (Å²) in [6, 6.07) is 8.72. The van der Waals surface area contributed by atoms with Gasteiger partial charge in [0.2, 0.25) is 0 Å². The highest BCUT2D eigenvalue weighted by molar-refractivity contribution is 6.61. The molecule has 1 aliphatic rings. The van der Waals surface area contributed by atoms with Gasteiger partial charge in [-0.05, 0) is 78.6 Å². The zero-order valence-electron chi connectivity index (χ0n) is 25.9. The van der Waals surface area contributed by atoms with E-state index < -0.39 is 17.6 Å². The SMILES string of the molecule is CCO[Si](CCCNC(=O)N(CC1CO1)c1ccc(OCCC[Si](OCC)(OCC)OCC)cc1)(OCC)OCC. The van der Waals surface area contributed by atoms with Gasteiger partial charge in [-0.15, -0.1) is 0 Å². The van der Waals surface area contributed by atoms with Crippen molar-refractivity contribution < 1.29 is 40.8 Å². The van der Waals surface area contributed by atoms with Crippen LogP contribution in [0.3, 0.4) is 0 Å². The molecule has 0 aliphatic carbocycles. The highest BCUT2D eigenvalue weighted by atomic mass is 28.4. The Hall–Kier alpha value is -1.56. The zero-order chi connectivity index (χ0) is 30.0. The minimum atomic E-state index is -2.74. The summed E-state index contributed by atoms with van der Waals surface area (Å²) in [4.78, 5) is 14.9. The summed E-state index contributed by atoms with van der Waals surface area (Å²) in [5, 5.41) is 3.04. The number of carbonyl (C=O) groups is 1. The predicted octanol–water partition coefficient (Wildman–Crippen LogP) is 4.86. The number of benzene rings is 1. The molecule has 1 aliphatic heterocycles. The maximum absolute atomic E-state index is 13.2. The van der Waals surface area contributed by atoms with E-state index in [0.717, 1.165) is 17.9 Å². The first-order valence-corrected chi connectivity index (χ1v) is 19.0. The van der Waals surface area contributed by atoms with E-state index in [1.165, 1.54) is 0 Å². The van der Waals surface area contributed by atoms with Crippen molar-refractivity contribution in [2.45, 2.75) is 72.6 Å². The topological polar surface area (TPSA) is 109 Å². The number of hydrogen-bond acceptors (Lipinski definition) is 9. The normalized spacial score (nSPS) is 15.1. The van der Waals surface area contributed by atoms with Crippen LogP contribution in [0.1, 0.15) is 54.4 Å². The minimum absolute atomic E-state index is 0.0519. The van der Waals surface area contributed by atoms with Crippen LogP contribution in [-0.2, 0) is 31.3 Å². The molecule has 1 atom stereocenters. The molecule has 0 spiro atoms. The van der Waals surface area contributed by atoms with Crippen LogP contribution in [0.5, 0.6) is 5.75 Å². The third-order valence-electron chi connectivity index (χ3n) is 6.20. The second kappa shape index (κ2) is 19.6. The Kier molecular flexibility index (Phi) is 17.0. The highest BCUT2D eigenvalue weighted by Gasteiger charge is 2.40. The molecule has 1 saturated heterocycles. The highest BCUT2D eigenvalue weighted by Crippen LogP contribution is 2.24. The summed E-state index contributed by atoms with van der Waals surface area (Å²) in [6.07, 6.45) is 1.50. The molecule has 0 saturated carbocycles. The molecule has 1 aromatic rings. The fraction of sp³-hybridized carbons (Fsp3) is 0.750. The van der Waals surface area contributed by atoms with Crippen molar-refractivity contribution in [3.8, 4) is 5.75 Å². The molecule has 11 nitrogen and oxygen atoms in total. The van der Waals surface area contributed by atoms with Crippen molar-refractivity contribution in [1.82, 2.24) is 5.32 Å². The number of rotatable bonds is 24. The largest absolute Gasteiger partial charge is 0.501 e. The number of amides is 2. The second-order valence-electron chi connectivity index (χ2n) is 9.31. The first-order valence-electron chi connectivity index (χ1n) is 15.1. The number of epoxide rings is 1. The number of urea groups is 1. The van der Waals surface area contributed by atoms with Crippen LogP contribution in [0, 0.1) is 0 Å². The lowest BCUT2D eigenvalue weighted by Crippen LogP contribution is -2.47. The van der Waals surface area contributed by atoms with Gasteiger partial charge in [-0.1, -0.05) is 0 Å². The maximum Gasteiger partial charge on any atom is 0.501 e. The number of anilines is 1. The van der Waals surface area contributed by atoms with Crippen molar-refractivity contribution in [3.05, 3.63) is 24.3 Å². The average molecular weight is 617 g/mol. The Morgan fingerprint density at radius 3 is 1.71 bits per heavy atom. The minimum Gasteiger partial charge on any atom is -0.494 e. The van der Waals surface area contributed by atoms with Crippen LogP contribution in [0.25, 0.3) is 0 Å². The molecule has 1 N–H and O–H groups in total. The summed E-state index contributed by atoms with van der Waals surface area (Å²) >= 11 is 0. The Bertz CT molecular complexity index is 812. The summed E-state index contributed by atoms with van der Waals surface area (Å²) in [5.74, 6) is 0.734. The van der Waals surface area contributed by atoms with Gasteiger partial charge >= 0.3 is 23.6 Å². The number of ether oxygens (including phenoxy) is 2. The van der Waals surface area contributed by atoms with Crippen LogP contribution < -0.4 is 15.0 Å². The van der Waals surface area contributed by atoms with Gasteiger partial charge in [0.25, 0.3) is 0 Å². The lowest BCUT2D eigenvalue weighted by molar-refractivity contribution is 0.0693. The third-order valence-corrected chi connectivity index (χ3v) is 12.5. The van der Waals surface area contributed by atoms with Crippen molar-refractivity contribution in [1.29, 1.82) is 0 Å². The van der Waals surface area contributed by atoms with Crippen LogP contribution in [0.4, 0.5) is 10.5 Å². The lowest BCUT2D eigenvalue weighted by atomic mass is 10.2. The molecule has 1 heterocycles. The second-order valence-corrected chi connectivity index (χ2v) is 14.8. The molecule has 0 bridgehead atoms. The third kappa shape index (κ3) is 12.7. The fourth-order valence-electron chi connectivity index (χ4n) is 4.48. The van der Waals surface area contributed by atoms with E-state index in [-0.39, 0.29) is 12.1 Å². The van der Waals surface area contributed by atoms with Gasteiger partial charge in [-0.25, -0.2) is 4.79 Å². The monoisotopic (exact) mass is 616 g/mol. The fourth-order valence-corrected chi connectivity index (χ4v) is 9.67. The van der Waals surface area contributed by atoms with E-state index in [1.54, 1.807) is 4.90 Å². The van der Waals surface area contributed by atoms with Gasteiger partial charge in [-0.3, -0.25) is 4.90 Å². The molecule has 41 heavy (non-hydrogen) atoms. The number of carbonyl (C=O) groups excluding carboxylic acids is 1. The Balaban J connectivity index is 1.90. The van der Waals surface area contributed by atoms with Crippen molar-refractivity contribution in [2.24, 2.45) is 0 Å². The number of nitrogens with one attached hydrogen (secondary N) is 1. The molecule has 1 unspecified atom stereocenters. The molecule has 2 rings (SSSR count). The first kappa shape index (κ1) is 35.6. The molecule has 1 fully saturated rings. The van der Waals surface area contributed by atoms with Crippen LogP contribution in [0.15, 0.2) is 24.3 Å². The van der Waals surface area contributed by atoms with E-state index in [1.807, 2.05) is 65.8 Å². The van der Waals surface area contributed by atoms with Gasteiger partial charge in [0.1, 0.15) is 5.75 Å². The number of hydrogen-bond donors (Lipinski definition) is 1. The van der Waals surface area contributed by atoms with Gasteiger partial charge in [0, 0.05) is 64.0 Å². The summed E-state index contributed by atoms with van der Waals surface area (Å²) in [6.45, 7) is 17.1. The van der Waals surface area contributed by atoms with Gasteiger partial charge in [0.05, 0.1) is 25.9 Å². The van der Waals surface area contributed by atoms with Crippen LogP contribution in [-0.4, -0.2) is 95.7 Å². The molecule has 0 radical (unpaired) electrons. The number of nitrogens with zero attached hydrogens (tertiary/aromatic N) is 1. The molecule has 13 heteroatoms. The maximum atomic E-state index is 13.2. The standard InChI is InChI=1S/C28H52N2O9Si2/c1-7-34-40(35-8-2,36-9-3)21-13-19-29-28(31)30(23-27-24-33-27)25-15-17-26(18-16-25)32-20-14-22-41(37-10-4,38-11-5)39-12-6/h15-18,27H,7-14,19-24H2,1-6H3,(H,29,31). The smallest absolute Gasteiger partial charge is 0.494 e. The van der Waals surface area contributed by atoms with E-state index >= 15 is 0 Å². The van der Waals surface area contributed by atoms with E-state index in [0.29, 0.717) is 84.5 Å². The molecule has 0 aromatic heterocycles. The first-order chi connectivity index (χ1) is 19.9. The predicted molar refractivity (Wildman–Crippen MR) is 163 cm³/mol. The van der Waals surface area contributed by atoms with Gasteiger partial charge < -0.3 is 41.3 Å². The Morgan fingerprint density at radius 1 is 0.805 bits per heavy atom. The molecule has 1 aromatic carbocycles. The summed E-state index contributed by atoms with van der Waals surface area (Å²) < 4.78 is 46.9. The summed E-state index contributed by atoms with van der Waals surface area (Å²) in [5.41, 5.74) is 0.780. The van der Waals surface area contributed by atoms with E-state index in [2.05, 4.69) is 5.32 Å². The van der Waals surface area contributed by atoms with Crippen LogP contribution in [0.2, 0.25) is 12.1 Å². The van der Waals surface area contributed by atoms with Crippen molar-refractivity contribution in [3.63, 3.8) is 0 Å². The van der Waals surface area contributed by atoms with Crippen molar-refractivity contribution >= 4 is 29.3 Å². The summed E-state index contributed by atoms with van der Waals surface area (Å²) in [7, 11) is -5.42. The molecule has 2 amide bonds. The Morgan fingerprint density at radius 2 is 1.27 bits per heavy atom. The van der Waals surface area contributed by atoms with E-state index in [4.69, 9.17) is 36.0 Å². The lowest BCUT2D eigenvalue weighted by Gasteiger charge is -2.28. The average Bonchev–Trinajstić information content (AvgIpc) is 3.78. The molecular formula is C28H52N2O9Si2. The van der Waals surface area contributed by atoms with E-state index in [9.17, 15) is 4.79 Å². The van der Waals surface area contributed by atoms with Crippen LogP contribution >= 0.6 is 0 Å². The molecule has 236 valence electrons. The quantitative estimate of drug-likeness (QED) is 0.0990. The van der Waals surface area contributed by atoms with Gasteiger partial charge in [0.15, 0.2) is 0 Å².